The highest BCUT2D eigenvalue weighted by atomic mass is 16.5. The SMILES string of the molecule is CC(C)Cc1nc(NC[C@@H]2CCCO2)c(C#N)c2c1CCCC2. The van der Waals surface area contributed by atoms with Gasteiger partial charge in [0.25, 0.3) is 0 Å². The quantitative estimate of drug-likeness (QED) is 0.902. The van der Waals surface area contributed by atoms with E-state index in [1.807, 2.05) is 0 Å². The zero-order chi connectivity index (χ0) is 16.2. The molecule has 0 unspecified atom stereocenters. The maximum atomic E-state index is 9.68. The van der Waals surface area contributed by atoms with Gasteiger partial charge in [-0.1, -0.05) is 13.8 Å². The number of hydrogen-bond donors (Lipinski definition) is 1. The first kappa shape index (κ1) is 16.3. The summed E-state index contributed by atoms with van der Waals surface area (Å²) in [6.07, 6.45) is 7.96. The molecular formula is C19H27N3O. The fraction of sp³-hybridized carbons (Fsp3) is 0.684. The second kappa shape index (κ2) is 7.31. The van der Waals surface area contributed by atoms with E-state index < -0.39 is 0 Å². The molecule has 0 amide bonds. The third-order valence-electron chi connectivity index (χ3n) is 4.84. The van der Waals surface area contributed by atoms with Gasteiger partial charge in [-0.25, -0.2) is 4.98 Å². The summed E-state index contributed by atoms with van der Waals surface area (Å²) in [5.74, 6) is 1.35. The van der Waals surface area contributed by atoms with E-state index >= 15 is 0 Å². The number of ether oxygens (including phenoxy) is 1. The molecule has 0 spiro atoms. The number of pyridine rings is 1. The maximum Gasteiger partial charge on any atom is 0.144 e. The Morgan fingerprint density at radius 1 is 1.26 bits per heavy atom. The molecule has 1 fully saturated rings. The summed E-state index contributed by atoms with van der Waals surface area (Å²) in [5, 5.41) is 13.1. The average Bonchev–Trinajstić information content (AvgIpc) is 3.06. The third kappa shape index (κ3) is 3.67. The first-order chi connectivity index (χ1) is 11.2. The van der Waals surface area contributed by atoms with Crippen LogP contribution in [-0.4, -0.2) is 24.2 Å². The lowest BCUT2D eigenvalue weighted by atomic mass is 9.86. The largest absolute Gasteiger partial charge is 0.376 e. The minimum Gasteiger partial charge on any atom is -0.376 e. The van der Waals surface area contributed by atoms with Crippen molar-refractivity contribution in [1.82, 2.24) is 4.98 Å². The standard InChI is InChI=1S/C19H27N3O/c1-13(2)10-18-16-8-4-3-7-15(16)17(11-20)19(22-18)21-12-14-6-5-9-23-14/h13-14H,3-10,12H2,1-2H3,(H,21,22)/t14-/m0/s1. The summed E-state index contributed by atoms with van der Waals surface area (Å²) in [6.45, 7) is 6.07. The second-order valence-corrected chi connectivity index (χ2v) is 7.17. The van der Waals surface area contributed by atoms with Crippen LogP contribution in [0.4, 0.5) is 5.82 Å². The van der Waals surface area contributed by atoms with Gasteiger partial charge >= 0.3 is 0 Å². The highest BCUT2D eigenvalue weighted by Crippen LogP contribution is 2.31. The van der Waals surface area contributed by atoms with E-state index in [9.17, 15) is 5.26 Å². The zero-order valence-corrected chi connectivity index (χ0v) is 14.3. The van der Waals surface area contributed by atoms with Gasteiger partial charge in [0.05, 0.1) is 11.7 Å². The molecule has 0 radical (unpaired) electrons. The number of fused-ring (bicyclic) bond motifs is 1. The monoisotopic (exact) mass is 313 g/mol. The molecule has 0 aromatic carbocycles. The number of hydrogen-bond acceptors (Lipinski definition) is 4. The van der Waals surface area contributed by atoms with Gasteiger partial charge in [0, 0.05) is 18.8 Å². The van der Waals surface area contributed by atoms with Crippen LogP contribution in [0.2, 0.25) is 0 Å². The van der Waals surface area contributed by atoms with Gasteiger partial charge < -0.3 is 10.1 Å². The molecule has 1 saturated heterocycles. The molecule has 2 heterocycles. The van der Waals surface area contributed by atoms with Crippen LogP contribution in [0, 0.1) is 17.2 Å². The fourth-order valence-corrected chi connectivity index (χ4v) is 3.72. The first-order valence-corrected chi connectivity index (χ1v) is 8.99. The molecule has 4 heteroatoms. The minimum atomic E-state index is 0.257. The van der Waals surface area contributed by atoms with Crippen LogP contribution < -0.4 is 5.32 Å². The summed E-state index contributed by atoms with van der Waals surface area (Å²) in [5.41, 5.74) is 4.57. The molecule has 3 rings (SSSR count). The Balaban J connectivity index is 1.91. The minimum absolute atomic E-state index is 0.257. The van der Waals surface area contributed by atoms with Crippen molar-refractivity contribution >= 4 is 5.82 Å². The number of nitriles is 1. The number of rotatable bonds is 5. The molecule has 23 heavy (non-hydrogen) atoms. The smallest absolute Gasteiger partial charge is 0.144 e. The van der Waals surface area contributed by atoms with Crippen LogP contribution in [0.3, 0.4) is 0 Å². The first-order valence-electron chi connectivity index (χ1n) is 8.99. The van der Waals surface area contributed by atoms with E-state index in [0.29, 0.717) is 5.92 Å². The molecule has 1 aliphatic heterocycles. The Morgan fingerprint density at radius 3 is 2.70 bits per heavy atom. The molecule has 2 aliphatic rings. The van der Waals surface area contributed by atoms with E-state index in [1.165, 1.54) is 29.7 Å². The summed E-state index contributed by atoms with van der Waals surface area (Å²) >= 11 is 0. The number of nitrogens with one attached hydrogen (secondary N) is 1. The third-order valence-corrected chi connectivity index (χ3v) is 4.84. The van der Waals surface area contributed by atoms with Crippen molar-refractivity contribution in [3.8, 4) is 6.07 Å². The summed E-state index contributed by atoms with van der Waals surface area (Å²) in [7, 11) is 0. The number of aromatic nitrogens is 1. The van der Waals surface area contributed by atoms with Crippen molar-refractivity contribution < 1.29 is 4.74 Å². The molecule has 0 bridgehead atoms. The molecule has 0 saturated carbocycles. The van der Waals surface area contributed by atoms with Crippen LogP contribution in [0.5, 0.6) is 0 Å². The van der Waals surface area contributed by atoms with Gasteiger partial charge in [-0.2, -0.15) is 5.26 Å². The van der Waals surface area contributed by atoms with Gasteiger partial charge in [0.1, 0.15) is 11.9 Å². The van der Waals surface area contributed by atoms with Gasteiger partial charge in [0.2, 0.25) is 0 Å². The average molecular weight is 313 g/mol. The van der Waals surface area contributed by atoms with Crippen molar-refractivity contribution in [1.29, 1.82) is 5.26 Å². The van der Waals surface area contributed by atoms with Crippen LogP contribution >= 0.6 is 0 Å². The predicted molar refractivity (Wildman–Crippen MR) is 91.6 cm³/mol. The van der Waals surface area contributed by atoms with Crippen molar-refractivity contribution in [2.45, 2.75) is 64.9 Å². The molecular weight excluding hydrogens is 286 g/mol. The van der Waals surface area contributed by atoms with Crippen LogP contribution in [-0.2, 0) is 24.0 Å². The molecule has 1 atom stereocenters. The molecule has 1 aromatic heterocycles. The van der Waals surface area contributed by atoms with Crippen molar-refractivity contribution in [3.63, 3.8) is 0 Å². The Bertz CT molecular complexity index is 598. The van der Waals surface area contributed by atoms with Gasteiger partial charge in [0.15, 0.2) is 0 Å². The van der Waals surface area contributed by atoms with E-state index in [1.54, 1.807) is 0 Å². The zero-order valence-electron chi connectivity index (χ0n) is 14.3. The van der Waals surface area contributed by atoms with Crippen molar-refractivity contribution in [3.05, 3.63) is 22.4 Å². The van der Waals surface area contributed by atoms with E-state index in [-0.39, 0.29) is 6.10 Å². The summed E-state index contributed by atoms with van der Waals surface area (Å²) < 4.78 is 5.68. The molecule has 1 N–H and O–H groups in total. The Hall–Kier alpha value is -1.60. The predicted octanol–water partition coefficient (Wildman–Crippen LogP) is 3.62. The van der Waals surface area contributed by atoms with E-state index in [2.05, 4.69) is 25.2 Å². The lowest BCUT2D eigenvalue weighted by Crippen LogP contribution is -2.22. The molecule has 1 aliphatic carbocycles. The van der Waals surface area contributed by atoms with Gasteiger partial charge in [-0.15, -0.1) is 0 Å². The van der Waals surface area contributed by atoms with Crippen molar-refractivity contribution in [2.24, 2.45) is 5.92 Å². The molecule has 1 aromatic rings. The Morgan fingerprint density at radius 2 is 2.04 bits per heavy atom. The van der Waals surface area contributed by atoms with Crippen molar-refractivity contribution in [2.75, 3.05) is 18.5 Å². The van der Waals surface area contributed by atoms with Crippen LogP contribution in [0.25, 0.3) is 0 Å². The van der Waals surface area contributed by atoms with Gasteiger partial charge in [-0.05, 0) is 62.0 Å². The second-order valence-electron chi connectivity index (χ2n) is 7.17. The Labute approximate surface area is 139 Å². The molecule has 124 valence electrons. The number of nitrogens with zero attached hydrogens (tertiary/aromatic N) is 2. The Kier molecular flexibility index (Phi) is 5.17. The lowest BCUT2D eigenvalue weighted by Gasteiger charge is -2.23. The normalized spacial score (nSPS) is 20.3. The molecule has 4 nitrogen and oxygen atoms in total. The number of anilines is 1. The van der Waals surface area contributed by atoms with Crippen LogP contribution in [0.1, 0.15) is 61.9 Å². The van der Waals surface area contributed by atoms with E-state index in [0.717, 1.165) is 56.6 Å². The highest BCUT2D eigenvalue weighted by molar-refractivity contribution is 5.60. The maximum absolute atomic E-state index is 9.68. The lowest BCUT2D eigenvalue weighted by molar-refractivity contribution is 0.120. The van der Waals surface area contributed by atoms with E-state index in [4.69, 9.17) is 9.72 Å². The summed E-state index contributed by atoms with van der Waals surface area (Å²) in [4.78, 5) is 4.87. The highest BCUT2D eigenvalue weighted by Gasteiger charge is 2.23. The van der Waals surface area contributed by atoms with Crippen LogP contribution in [0.15, 0.2) is 0 Å². The topological polar surface area (TPSA) is 57.9 Å². The summed E-state index contributed by atoms with van der Waals surface area (Å²) in [6, 6.07) is 2.41. The fourth-order valence-electron chi connectivity index (χ4n) is 3.72. The van der Waals surface area contributed by atoms with Gasteiger partial charge in [-0.3, -0.25) is 0 Å².